The van der Waals surface area contributed by atoms with Crippen LogP contribution in [0.2, 0.25) is 0 Å². The van der Waals surface area contributed by atoms with Crippen molar-refractivity contribution in [2.45, 2.75) is 13.1 Å². The molecule has 2 amide bonds. The fourth-order valence-electron chi connectivity index (χ4n) is 3.74. The minimum absolute atomic E-state index is 0.0975. The zero-order valence-corrected chi connectivity index (χ0v) is 20.0. The molecule has 0 saturated heterocycles. The van der Waals surface area contributed by atoms with Crippen LogP contribution < -0.4 is 20.1 Å². The minimum Gasteiger partial charge on any atom is -0.497 e. The Morgan fingerprint density at radius 1 is 0.730 bits per heavy atom. The topological polar surface area (TPSA) is 76.7 Å². The molecule has 0 bridgehead atoms. The van der Waals surface area contributed by atoms with Gasteiger partial charge in [0.15, 0.2) is 0 Å². The molecule has 4 aromatic carbocycles. The second-order valence-corrected chi connectivity index (χ2v) is 8.04. The molecule has 0 aliphatic heterocycles. The fraction of sp³-hybridized carbons (Fsp3) is 0.103. The van der Waals surface area contributed by atoms with E-state index in [1.807, 2.05) is 24.3 Å². The third kappa shape index (κ3) is 6.49. The Balaban J connectivity index is 1.47. The van der Waals surface area contributed by atoms with Gasteiger partial charge >= 0.3 is 6.09 Å². The maximum atomic E-state index is 14.0. The van der Waals surface area contributed by atoms with E-state index in [1.165, 1.54) is 6.07 Å². The monoisotopic (exact) mass is 502 g/mol. The van der Waals surface area contributed by atoms with Crippen molar-refractivity contribution < 1.29 is 27.8 Å². The molecule has 8 heteroatoms. The van der Waals surface area contributed by atoms with Gasteiger partial charge in [-0.25, -0.2) is 13.6 Å². The van der Waals surface area contributed by atoms with Crippen LogP contribution in [0, 0.1) is 11.6 Å². The van der Waals surface area contributed by atoms with Crippen molar-refractivity contribution in [1.29, 1.82) is 0 Å². The van der Waals surface area contributed by atoms with Crippen LogP contribution in [0.1, 0.15) is 21.5 Å². The molecule has 188 valence electrons. The molecule has 0 saturated carbocycles. The molecule has 2 N–H and O–H groups in total. The van der Waals surface area contributed by atoms with E-state index in [9.17, 15) is 18.4 Å². The van der Waals surface area contributed by atoms with E-state index in [0.29, 0.717) is 22.6 Å². The maximum Gasteiger partial charge on any atom is 0.412 e. The Bertz CT molecular complexity index is 1410. The van der Waals surface area contributed by atoms with Crippen LogP contribution in [0.5, 0.6) is 11.5 Å². The van der Waals surface area contributed by atoms with Crippen LogP contribution in [-0.4, -0.2) is 19.1 Å². The van der Waals surface area contributed by atoms with Crippen molar-refractivity contribution in [1.82, 2.24) is 10.6 Å². The fourth-order valence-corrected chi connectivity index (χ4v) is 3.74. The molecule has 0 aromatic heterocycles. The van der Waals surface area contributed by atoms with Gasteiger partial charge in [0.05, 0.1) is 7.11 Å². The molecule has 0 fully saturated rings. The summed E-state index contributed by atoms with van der Waals surface area (Å²) in [5, 5.41) is 5.42. The van der Waals surface area contributed by atoms with Crippen LogP contribution >= 0.6 is 0 Å². The first-order chi connectivity index (χ1) is 17.9. The van der Waals surface area contributed by atoms with Gasteiger partial charge in [0.2, 0.25) is 0 Å². The van der Waals surface area contributed by atoms with Gasteiger partial charge < -0.3 is 20.1 Å². The lowest BCUT2D eigenvalue weighted by Crippen LogP contribution is -2.26. The normalized spacial score (nSPS) is 10.5. The molecule has 4 rings (SSSR count). The third-order valence-electron chi connectivity index (χ3n) is 5.63. The van der Waals surface area contributed by atoms with Gasteiger partial charge in [0.1, 0.15) is 23.1 Å². The number of halogens is 2. The van der Waals surface area contributed by atoms with Crippen molar-refractivity contribution in [2.24, 2.45) is 0 Å². The number of rotatable bonds is 8. The van der Waals surface area contributed by atoms with E-state index in [4.69, 9.17) is 9.47 Å². The number of nitrogens with one attached hydrogen (secondary N) is 2. The van der Waals surface area contributed by atoms with Gasteiger partial charge in [-0.15, -0.1) is 0 Å². The van der Waals surface area contributed by atoms with Crippen molar-refractivity contribution in [3.05, 3.63) is 119 Å². The SMILES string of the molecule is COc1ccc(OC(=O)NCc2ccccc2-c2ccccc2C(=O)NCc2ccc(F)cc2F)cc1. The first-order valence-corrected chi connectivity index (χ1v) is 11.4. The number of hydrogen-bond donors (Lipinski definition) is 2. The van der Waals surface area contributed by atoms with Gasteiger partial charge in [0, 0.05) is 30.3 Å². The summed E-state index contributed by atoms with van der Waals surface area (Å²) in [6, 6.07) is 24.2. The van der Waals surface area contributed by atoms with Crippen LogP contribution in [0.25, 0.3) is 11.1 Å². The Labute approximate surface area is 212 Å². The Kier molecular flexibility index (Phi) is 8.10. The quantitative estimate of drug-likeness (QED) is 0.317. The summed E-state index contributed by atoms with van der Waals surface area (Å²) in [5.74, 6) is -0.818. The van der Waals surface area contributed by atoms with Crippen LogP contribution in [0.3, 0.4) is 0 Å². The second-order valence-electron chi connectivity index (χ2n) is 8.04. The van der Waals surface area contributed by atoms with Gasteiger partial charge in [0.25, 0.3) is 5.91 Å². The lowest BCUT2D eigenvalue weighted by Gasteiger charge is -2.15. The van der Waals surface area contributed by atoms with E-state index < -0.39 is 23.6 Å². The molecule has 0 heterocycles. The summed E-state index contributed by atoms with van der Waals surface area (Å²) in [6.45, 7) is 0.0571. The molecule has 0 radical (unpaired) electrons. The van der Waals surface area contributed by atoms with Gasteiger partial charge in [-0.05, 0) is 53.1 Å². The lowest BCUT2D eigenvalue weighted by molar-refractivity contribution is 0.0951. The van der Waals surface area contributed by atoms with E-state index in [-0.39, 0.29) is 18.7 Å². The van der Waals surface area contributed by atoms with Gasteiger partial charge in [-0.1, -0.05) is 48.5 Å². The maximum absolute atomic E-state index is 14.0. The predicted octanol–water partition coefficient (Wildman–Crippen LogP) is 5.86. The van der Waals surface area contributed by atoms with E-state index in [2.05, 4.69) is 10.6 Å². The van der Waals surface area contributed by atoms with Crippen molar-refractivity contribution >= 4 is 12.0 Å². The Morgan fingerprint density at radius 2 is 1.38 bits per heavy atom. The molecule has 4 aromatic rings. The smallest absolute Gasteiger partial charge is 0.412 e. The van der Waals surface area contributed by atoms with E-state index in [0.717, 1.165) is 23.3 Å². The summed E-state index contributed by atoms with van der Waals surface area (Å²) in [6.07, 6.45) is -0.632. The van der Waals surface area contributed by atoms with Crippen molar-refractivity contribution in [2.75, 3.05) is 7.11 Å². The molecular weight excluding hydrogens is 478 g/mol. The molecule has 0 aliphatic carbocycles. The summed E-state index contributed by atoms with van der Waals surface area (Å²) < 4.78 is 37.6. The van der Waals surface area contributed by atoms with E-state index in [1.54, 1.807) is 55.6 Å². The number of methoxy groups -OCH3 is 1. The van der Waals surface area contributed by atoms with Crippen LogP contribution in [-0.2, 0) is 13.1 Å². The van der Waals surface area contributed by atoms with Gasteiger partial charge in [-0.3, -0.25) is 4.79 Å². The molecule has 0 unspecified atom stereocenters. The highest BCUT2D eigenvalue weighted by Crippen LogP contribution is 2.27. The molecule has 37 heavy (non-hydrogen) atoms. The van der Waals surface area contributed by atoms with Crippen molar-refractivity contribution in [3.8, 4) is 22.6 Å². The Morgan fingerprint density at radius 3 is 2.11 bits per heavy atom. The number of ether oxygens (including phenoxy) is 2. The zero-order valence-electron chi connectivity index (χ0n) is 20.0. The lowest BCUT2D eigenvalue weighted by atomic mass is 9.95. The average molecular weight is 503 g/mol. The molecule has 0 aliphatic rings. The first-order valence-electron chi connectivity index (χ1n) is 11.4. The standard InChI is InChI=1S/C29H24F2N2O4/c1-36-22-12-14-23(15-13-22)37-29(35)33-17-19-6-2-3-7-24(19)25-8-4-5-9-26(25)28(34)32-18-20-10-11-21(30)16-27(20)31/h2-16H,17-18H2,1H3,(H,32,34)(H,33,35). The summed E-state index contributed by atoms with van der Waals surface area (Å²) >= 11 is 0. The molecule has 6 nitrogen and oxygen atoms in total. The Hall–Kier alpha value is -4.72. The highest BCUT2D eigenvalue weighted by molar-refractivity contribution is 6.01. The summed E-state index contributed by atoms with van der Waals surface area (Å²) in [7, 11) is 1.55. The highest BCUT2D eigenvalue weighted by Gasteiger charge is 2.16. The molecule has 0 atom stereocenters. The second kappa shape index (κ2) is 11.8. The van der Waals surface area contributed by atoms with Crippen LogP contribution in [0.15, 0.2) is 91.0 Å². The minimum atomic E-state index is -0.730. The highest BCUT2D eigenvalue weighted by atomic mass is 19.1. The first kappa shape index (κ1) is 25.4. The summed E-state index contributed by atoms with van der Waals surface area (Å²) in [5.41, 5.74) is 2.69. The molecular formula is C29H24F2N2O4. The number of amides is 2. The number of benzene rings is 4. The molecule has 0 spiro atoms. The summed E-state index contributed by atoms with van der Waals surface area (Å²) in [4.78, 5) is 25.4. The number of carbonyl (C=O) groups is 2. The average Bonchev–Trinajstić information content (AvgIpc) is 2.92. The van der Waals surface area contributed by atoms with Crippen molar-refractivity contribution in [3.63, 3.8) is 0 Å². The number of carbonyl (C=O) groups excluding carboxylic acids is 2. The zero-order chi connectivity index (χ0) is 26.2. The largest absolute Gasteiger partial charge is 0.497 e. The van der Waals surface area contributed by atoms with Crippen LogP contribution in [0.4, 0.5) is 13.6 Å². The van der Waals surface area contributed by atoms with Gasteiger partial charge in [-0.2, -0.15) is 0 Å². The number of hydrogen-bond acceptors (Lipinski definition) is 4. The predicted molar refractivity (Wildman–Crippen MR) is 135 cm³/mol. The van der Waals surface area contributed by atoms with E-state index >= 15 is 0 Å². The third-order valence-corrected chi connectivity index (χ3v) is 5.63.